The fourth-order valence-corrected chi connectivity index (χ4v) is 2.71. The van der Waals surface area contributed by atoms with Gasteiger partial charge in [0.05, 0.1) is 6.54 Å². The van der Waals surface area contributed by atoms with Crippen LogP contribution in [0.1, 0.15) is 27.7 Å². The van der Waals surface area contributed by atoms with Crippen molar-refractivity contribution >= 4 is 35.8 Å². The smallest absolute Gasteiger partial charge is 0.194 e. The third-order valence-electron chi connectivity index (χ3n) is 3.92. The van der Waals surface area contributed by atoms with Gasteiger partial charge in [-0.3, -0.25) is 4.99 Å². The first-order valence-corrected chi connectivity index (χ1v) is 8.94. The maximum absolute atomic E-state index is 4.77. The lowest BCUT2D eigenvalue weighted by atomic mass is 10.1. The monoisotopic (exact) mass is 460 g/mol. The summed E-state index contributed by atoms with van der Waals surface area (Å²) in [6.45, 7) is 15.1. The van der Waals surface area contributed by atoms with Crippen molar-refractivity contribution in [3.63, 3.8) is 0 Å². The number of aliphatic imine (C=N–C) groups is 1. The first kappa shape index (κ1) is 22.0. The zero-order valence-corrected chi connectivity index (χ0v) is 18.3. The Morgan fingerprint density at radius 2 is 1.92 bits per heavy atom. The summed E-state index contributed by atoms with van der Waals surface area (Å²) in [5.41, 5.74) is 0.141. The summed E-state index contributed by atoms with van der Waals surface area (Å²) in [5, 5.41) is 6.90. The molecule has 2 heterocycles. The molecule has 0 atom stereocenters. The third kappa shape index (κ3) is 7.77. The Balaban J connectivity index is 0.00000312. The fourth-order valence-electron chi connectivity index (χ4n) is 2.71. The van der Waals surface area contributed by atoms with Gasteiger partial charge >= 0.3 is 0 Å². The molecule has 0 aromatic carbocycles. The third-order valence-corrected chi connectivity index (χ3v) is 3.92. The molecule has 2 N–H and O–H groups in total. The van der Waals surface area contributed by atoms with E-state index >= 15 is 0 Å². The van der Waals surface area contributed by atoms with Gasteiger partial charge in [-0.1, -0.05) is 6.07 Å². The van der Waals surface area contributed by atoms with E-state index in [1.54, 1.807) is 0 Å². The quantitative estimate of drug-likeness (QED) is 0.306. The van der Waals surface area contributed by atoms with E-state index in [1.807, 2.05) is 18.3 Å². The van der Waals surface area contributed by atoms with E-state index in [0.29, 0.717) is 0 Å². The van der Waals surface area contributed by atoms with Gasteiger partial charge in [0.1, 0.15) is 5.82 Å². The fraction of sp³-hybridized carbons (Fsp3) is 0.667. The molecule has 6 nitrogen and oxygen atoms in total. The van der Waals surface area contributed by atoms with Crippen LogP contribution in [0.4, 0.5) is 5.82 Å². The van der Waals surface area contributed by atoms with Crippen LogP contribution in [-0.2, 0) is 0 Å². The lowest BCUT2D eigenvalue weighted by molar-refractivity contribution is 0.370. The minimum atomic E-state index is 0. The summed E-state index contributed by atoms with van der Waals surface area (Å²) in [4.78, 5) is 13.9. The molecule has 7 heteroatoms. The number of nitrogens with one attached hydrogen (secondary N) is 2. The Hall–Kier alpha value is -1.09. The van der Waals surface area contributed by atoms with Gasteiger partial charge in [0.2, 0.25) is 0 Å². The van der Waals surface area contributed by atoms with E-state index in [4.69, 9.17) is 4.99 Å². The molecule has 1 aromatic heterocycles. The zero-order chi connectivity index (χ0) is 17.4. The Kier molecular flexibility index (Phi) is 9.48. The lowest BCUT2D eigenvalue weighted by Crippen LogP contribution is -2.53. The normalized spacial score (nSPS) is 15.8. The summed E-state index contributed by atoms with van der Waals surface area (Å²) < 4.78 is 0. The summed E-state index contributed by atoms with van der Waals surface area (Å²) >= 11 is 0. The van der Waals surface area contributed by atoms with Crippen molar-refractivity contribution < 1.29 is 0 Å². The number of rotatable bonds is 5. The van der Waals surface area contributed by atoms with Crippen LogP contribution in [0.25, 0.3) is 0 Å². The van der Waals surface area contributed by atoms with Crippen LogP contribution in [0.3, 0.4) is 0 Å². The highest BCUT2D eigenvalue weighted by Crippen LogP contribution is 2.12. The van der Waals surface area contributed by atoms with E-state index in [1.165, 1.54) is 0 Å². The number of pyridine rings is 1. The molecule has 1 saturated heterocycles. The highest BCUT2D eigenvalue weighted by atomic mass is 127. The summed E-state index contributed by atoms with van der Waals surface area (Å²) in [6.07, 6.45) is 1.86. The van der Waals surface area contributed by atoms with Gasteiger partial charge in [-0.25, -0.2) is 4.98 Å². The van der Waals surface area contributed by atoms with Crippen LogP contribution < -0.4 is 15.5 Å². The number of hydrogen-bond donors (Lipinski definition) is 2. The predicted octanol–water partition coefficient (Wildman–Crippen LogP) is 2.18. The van der Waals surface area contributed by atoms with Crippen molar-refractivity contribution in [3.8, 4) is 0 Å². The molecule has 1 aliphatic rings. The number of anilines is 1. The van der Waals surface area contributed by atoms with E-state index in [9.17, 15) is 0 Å². The Bertz CT molecular complexity index is 506. The molecular formula is C18H33IN6. The molecule has 2 rings (SSSR count). The van der Waals surface area contributed by atoms with Gasteiger partial charge in [0.25, 0.3) is 0 Å². The average molecular weight is 460 g/mol. The Morgan fingerprint density at radius 3 is 2.48 bits per heavy atom. The van der Waals surface area contributed by atoms with Crippen LogP contribution in [0.5, 0.6) is 0 Å². The number of guanidine groups is 1. The molecule has 0 amide bonds. The van der Waals surface area contributed by atoms with E-state index in [0.717, 1.165) is 57.6 Å². The van der Waals surface area contributed by atoms with Gasteiger partial charge in [0.15, 0.2) is 5.96 Å². The van der Waals surface area contributed by atoms with Crippen molar-refractivity contribution in [1.82, 2.24) is 20.5 Å². The van der Waals surface area contributed by atoms with Gasteiger partial charge < -0.3 is 20.4 Å². The van der Waals surface area contributed by atoms with Crippen molar-refractivity contribution in [3.05, 3.63) is 24.4 Å². The first-order valence-electron chi connectivity index (χ1n) is 8.94. The molecule has 0 bridgehead atoms. The zero-order valence-electron chi connectivity index (χ0n) is 16.0. The van der Waals surface area contributed by atoms with Crippen molar-refractivity contribution in [1.29, 1.82) is 0 Å². The molecule has 0 saturated carbocycles. The van der Waals surface area contributed by atoms with Crippen LogP contribution in [0.2, 0.25) is 0 Å². The molecule has 1 aromatic rings. The topological polar surface area (TPSA) is 55.8 Å². The largest absolute Gasteiger partial charge is 0.357 e. The maximum atomic E-state index is 4.77. The van der Waals surface area contributed by atoms with E-state index < -0.39 is 0 Å². The number of halogens is 1. The van der Waals surface area contributed by atoms with E-state index in [2.05, 4.69) is 59.2 Å². The summed E-state index contributed by atoms with van der Waals surface area (Å²) in [6, 6.07) is 6.08. The predicted molar refractivity (Wildman–Crippen MR) is 117 cm³/mol. The molecule has 25 heavy (non-hydrogen) atoms. The minimum Gasteiger partial charge on any atom is -0.357 e. The summed E-state index contributed by atoms with van der Waals surface area (Å²) in [7, 11) is 0. The number of piperazine rings is 1. The van der Waals surface area contributed by atoms with Crippen LogP contribution in [-0.4, -0.2) is 67.2 Å². The SMILES string of the molecule is CCNC(=NCCNC(C)(C)C)N1CCN(c2ccccn2)CC1.I. The van der Waals surface area contributed by atoms with Crippen molar-refractivity contribution in [2.24, 2.45) is 4.99 Å². The molecule has 0 aliphatic carbocycles. The van der Waals surface area contributed by atoms with E-state index in [-0.39, 0.29) is 29.5 Å². The van der Waals surface area contributed by atoms with Crippen LogP contribution in [0.15, 0.2) is 29.4 Å². The molecule has 0 unspecified atom stereocenters. The highest BCUT2D eigenvalue weighted by Gasteiger charge is 2.20. The second-order valence-corrected chi connectivity index (χ2v) is 7.07. The number of hydrogen-bond acceptors (Lipinski definition) is 4. The Morgan fingerprint density at radius 1 is 1.20 bits per heavy atom. The van der Waals surface area contributed by atoms with Gasteiger partial charge in [-0.2, -0.15) is 0 Å². The van der Waals surface area contributed by atoms with Gasteiger partial charge in [-0.15, -0.1) is 24.0 Å². The van der Waals surface area contributed by atoms with Gasteiger partial charge in [0, 0.05) is 51.0 Å². The highest BCUT2D eigenvalue weighted by molar-refractivity contribution is 14.0. The van der Waals surface area contributed by atoms with Crippen LogP contribution in [0, 0.1) is 0 Å². The minimum absolute atomic E-state index is 0. The molecule has 142 valence electrons. The molecule has 0 spiro atoms. The second-order valence-electron chi connectivity index (χ2n) is 7.07. The molecule has 0 radical (unpaired) electrons. The number of aromatic nitrogens is 1. The van der Waals surface area contributed by atoms with Crippen molar-refractivity contribution in [2.45, 2.75) is 33.2 Å². The molecule has 1 aliphatic heterocycles. The molecular weight excluding hydrogens is 427 g/mol. The van der Waals surface area contributed by atoms with Gasteiger partial charge in [-0.05, 0) is 39.8 Å². The molecule has 1 fully saturated rings. The lowest BCUT2D eigenvalue weighted by Gasteiger charge is -2.37. The van der Waals surface area contributed by atoms with Crippen LogP contribution >= 0.6 is 24.0 Å². The second kappa shape index (κ2) is 10.8. The Labute approximate surface area is 169 Å². The number of nitrogens with zero attached hydrogens (tertiary/aromatic N) is 4. The average Bonchev–Trinajstić information content (AvgIpc) is 2.58. The van der Waals surface area contributed by atoms with Crippen molar-refractivity contribution in [2.75, 3.05) is 50.7 Å². The standard InChI is InChI=1S/C18H32N6.HI/c1-5-19-17(21-10-11-22-18(2,3)4)24-14-12-23(13-15-24)16-8-6-7-9-20-16;/h6-9,22H,5,10-15H2,1-4H3,(H,19,21);1H. The summed E-state index contributed by atoms with van der Waals surface area (Å²) in [5.74, 6) is 2.09. The maximum Gasteiger partial charge on any atom is 0.194 e. The first-order chi connectivity index (χ1) is 11.5.